The van der Waals surface area contributed by atoms with Gasteiger partial charge in [-0.25, -0.2) is 4.39 Å². The number of unbranched alkanes of at least 4 members (excludes halogenated alkanes) is 3. The number of aryl methyl sites for hydroxylation is 1. The monoisotopic (exact) mass is 281 g/mol. The number of nitrogens with two attached hydrogens (primary N) is 1. The van der Waals surface area contributed by atoms with E-state index in [2.05, 4.69) is 13.8 Å². The molecule has 0 amide bonds. The maximum absolute atomic E-state index is 13.6. The SMILES string of the molecule is CCCCCCC(C)Oc1cc(C)c(F)cc1[C@H](C)N. The molecule has 0 aromatic heterocycles. The van der Waals surface area contributed by atoms with Gasteiger partial charge in [0.2, 0.25) is 0 Å². The maximum atomic E-state index is 13.6. The van der Waals surface area contributed by atoms with Crippen LogP contribution in [0.5, 0.6) is 5.75 Å². The smallest absolute Gasteiger partial charge is 0.126 e. The van der Waals surface area contributed by atoms with Crippen LogP contribution in [-0.2, 0) is 0 Å². The summed E-state index contributed by atoms with van der Waals surface area (Å²) in [7, 11) is 0. The maximum Gasteiger partial charge on any atom is 0.126 e. The molecule has 0 saturated heterocycles. The van der Waals surface area contributed by atoms with Gasteiger partial charge >= 0.3 is 0 Å². The summed E-state index contributed by atoms with van der Waals surface area (Å²) in [5.41, 5.74) is 7.25. The van der Waals surface area contributed by atoms with Gasteiger partial charge in [-0.15, -0.1) is 0 Å². The minimum atomic E-state index is -0.229. The van der Waals surface area contributed by atoms with Crippen LogP contribution < -0.4 is 10.5 Å². The molecule has 0 radical (unpaired) electrons. The van der Waals surface area contributed by atoms with Gasteiger partial charge < -0.3 is 10.5 Å². The topological polar surface area (TPSA) is 35.2 Å². The van der Waals surface area contributed by atoms with Crippen molar-refractivity contribution in [2.24, 2.45) is 5.73 Å². The quantitative estimate of drug-likeness (QED) is 0.688. The predicted molar refractivity (Wildman–Crippen MR) is 82.6 cm³/mol. The first kappa shape index (κ1) is 17.0. The zero-order valence-electron chi connectivity index (χ0n) is 13.2. The fraction of sp³-hybridized carbons (Fsp3) is 0.647. The Balaban J connectivity index is 2.68. The lowest BCUT2D eigenvalue weighted by molar-refractivity contribution is 0.203. The summed E-state index contributed by atoms with van der Waals surface area (Å²) in [6.07, 6.45) is 6.08. The van der Waals surface area contributed by atoms with E-state index in [9.17, 15) is 4.39 Å². The second-order valence-electron chi connectivity index (χ2n) is 5.71. The predicted octanol–water partition coefficient (Wildman–Crippen LogP) is 4.89. The van der Waals surface area contributed by atoms with Gasteiger partial charge in [-0.3, -0.25) is 0 Å². The third kappa shape index (κ3) is 5.12. The Kier molecular flexibility index (Phi) is 7.00. The van der Waals surface area contributed by atoms with Gasteiger partial charge in [0.15, 0.2) is 0 Å². The zero-order valence-corrected chi connectivity index (χ0v) is 13.2. The molecule has 2 nitrogen and oxygen atoms in total. The standard InChI is InChI=1S/C17H28FNO/c1-5-6-7-8-9-13(3)20-17-10-12(2)16(18)11-15(17)14(4)19/h10-11,13-14H,5-9,19H2,1-4H3/t13?,14-/m0/s1. The zero-order chi connectivity index (χ0) is 15.1. The highest BCUT2D eigenvalue weighted by Gasteiger charge is 2.14. The molecule has 0 aliphatic carbocycles. The summed E-state index contributed by atoms with van der Waals surface area (Å²) in [4.78, 5) is 0. The Morgan fingerprint density at radius 3 is 2.50 bits per heavy atom. The van der Waals surface area contributed by atoms with Gasteiger partial charge in [0, 0.05) is 11.6 Å². The van der Waals surface area contributed by atoms with Gasteiger partial charge in [-0.2, -0.15) is 0 Å². The number of ether oxygens (including phenoxy) is 1. The van der Waals surface area contributed by atoms with E-state index in [-0.39, 0.29) is 18.0 Å². The highest BCUT2D eigenvalue weighted by molar-refractivity contribution is 5.40. The summed E-state index contributed by atoms with van der Waals surface area (Å²) < 4.78 is 19.6. The van der Waals surface area contributed by atoms with E-state index in [1.807, 2.05) is 6.92 Å². The minimum absolute atomic E-state index is 0.134. The lowest BCUT2D eigenvalue weighted by Crippen LogP contribution is -2.15. The number of hydrogen-bond donors (Lipinski definition) is 1. The van der Waals surface area contributed by atoms with E-state index in [1.165, 1.54) is 31.7 Å². The number of benzene rings is 1. The van der Waals surface area contributed by atoms with Crippen molar-refractivity contribution in [3.63, 3.8) is 0 Å². The average Bonchev–Trinajstić information content (AvgIpc) is 2.38. The van der Waals surface area contributed by atoms with E-state index in [0.29, 0.717) is 5.56 Å². The molecule has 1 aromatic carbocycles. The lowest BCUT2D eigenvalue weighted by atomic mass is 10.0. The molecule has 0 saturated carbocycles. The molecular formula is C17H28FNO. The van der Waals surface area contributed by atoms with Gasteiger partial charge in [0.1, 0.15) is 11.6 Å². The molecule has 0 aliphatic rings. The van der Waals surface area contributed by atoms with Crippen molar-refractivity contribution < 1.29 is 9.13 Å². The molecule has 1 unspecified atom stereocenters. The molecule has 0 spiro atoms. The highest BCUT2D eigenvalue weighted by Crippen LogP contribution is 2.28. The van der Waals surface area contributed by atoms with E-state index in [1.54, 1.807) is 13.0 Å². The summed E-state index contributed by atoms with van der Waals surface area (Å²) in [5, 5.41) is 0. The summed E-state index contributed by atoms with van der Waals surface area (Å²) in [5.74, 6) is 0.502. The summed E-state index contributed by atoms with van der Waals surface area (Å²) in [6, 6.07) is 3.03. The molecule has 0 fully saturated rings. The molecule has 20 heavy (non-hydrogen) atoms. The number of hydrogen-bond acceptors (Lipinski definition) is 2. The summed E-state index contributed by atoms with van der Waals surface area (Å²) >= 11 is 0. The van der Waals surface area contributed by atoms with Crippen molar-refractivity contribution in [3.05, 3.63) is 29.1 Å². The average molecular weight is 281 g/mol. The van der Waals surface area contributed by atoms with Gasteiger partial charge in [0.25, 0.3) is 0 Å². The molecule has 1 aromatic rings. The van der Waals surface area contributed by atoms with Crippen molar-refractivity contribution >= 4 is 0 Å². The van der Waals surface area contributed by atoms with E-state index < -0.39 is 0 Å². The van der Waals surface area contributed by atoms with Crippen molar-refractivity contribution in [1.82, 2.24) is 0 Å². The minimum Gasteiger partial charge on any atom is -0.490 e. The lowest BCUT2D eigenvalue weighted by Gasteiger charge is -2.20. The first-order chi connectivity index (χ1) is 9.45. The van der Waals surface area contributed by atoms with Gasteiger partial charge in [-0.1, -0.05) is 26.2 Å². The Labute approximate surface area is 122 Å². The Hall–Kier alpha value is -1.09. The molecule has 2 N–H and O–H groups in total. The molecule has 3 heteroatoms. The second-order valence-corrected chi connectivity index (χ2v) is 5.71. The second kappa shape index (κ2) is 8.25. The van der Waals surface area contributed by atoms with Crippen LogP contribution in [0.1, 0.15) is 70.0 Å². The van der Waals surface area contributed by atoms with Crippen LogP contribution in [0, 0.1) is 12.7 Å². The van der Waals surface area contributed by atoms with Crippen molar-refractivity contribution in [2.75, 3.05) is 0 Å². The van der Waals surface area contributed by atoms with Crippen molar-refractivity contribution in [2.45, 2.75) is 71.9 Å². The molecule has 2 atom stereocenters. The van der Waals surface area contributed by atoms with Crippen molar-refractivity contribution in [1.29, 1.82) is 0 Å². The first-order valence-electron chi connectivity index (χ1n) is 7.68. The van der Waals surface area contributed by atoms with Crippen molar-refractivity contribution in [3.8, 4) is 5.75 Å². The Bertz CT molecular complexity index is 418. The normalized spacial score (nSPS) is 14.1. The molecule has 0 aliphatic heterocycles. The van der Waals surface area contributed by atoms with Gasteiger partial charge in [-0.05, 0) is 51.3 Å². The van der Waals surface area contributed by atoms with Crippen LogP contribution in [-0.4, -0.2) is 6.10 Å². The van der Waals surface area contributed by atoms with E-state index in [0.717, 1.165) is 17.7 Å². The third-order valence-electron chi connectivity index (χ3n) is 3.57. The van der Waals surface area contributed by atoms with Crippen LogP contribution in [0.3, 0.4) is 0 Å². The molecule has 114 valence electrons. The van der Waals surface area contributed by atoms with Crippen LogP contribution in [0.15, 0.2) is 12.1 Å². The van der Waals surface area contributed by atoms with Crippen LogP contribution in [0.4, 0.5) is 4.39 Å². The van der Waals surface area contributed by atoms with E-state index >= 15 is 0 Å². The highest BCUT2D eigenvalue weighted by atomic mass is 19.1. The fourth-order valence-electron chi connectivity index (χ4n) is 2.26. The van der Waals surface area contributed by atoms with Crippen LogP contribution in [0.2, 0.25) is 0 Å². The third-order valence-corrected chi connectivity index (χ3v) is 3.57. The molecular weight excluding hydrogens is 253 g/mol. The van der Waals surface area contributed by atoms with Crippen LogP contribution in [0.25, 0.3) is 0 Å². The fourth-order valence-corrected chi connectivity index (χ4v) is 2.26. The van der Waals surface area contributed by atoms with Crippen LogP contribution >= 0.6 is 0 Å². The molecule has 0 heterocycles. The van der Waals surface area contributed by atoms with E-state index in [4.69, 9.17) is 10.5 Å². The van der Waals surface area contributed by atoms with Gasteiger partial charge in [0.05, 0.1) is 6.10 Å². The molecule has 1 rings (SSSR count). The number of rotatable bonds is 8. The first-order valence-corrected chi connectivity index (χ1v) is 7.68. The number of halogens is 1. The summed E-state index contributed by atoms with van der Waals surface area (Å²) in [6.45, 7) is 7.87. The largest absolute Gasteiger partial charge is 0.490 e. The molecule has 0 bridgehead atoms. The Morgan fingerprint density at radius 1 is 1.20 bits per heavy atom. The Morgan fingerprint density at radius 2 is 1.90 bits per heavy atom.